The van der Waals surface area contributed by atoms with Crippen molar-refractivity contribution >= 4 is 29.9 Å². The van der Waals surface area contributed by atoms with Crippen molar-refractivity contribution in [3.8, 4) is 0 Å². The highest BCUT2D eigenvalue weighted by Gasteiger charge is 2.61. The topological polar surface area (TPSA) is 159 Å². The summed E-state index contributed by atoms with van der Waals surface area (Å²) in [7, 11) is 0. The second-order valence-corrected chi connectivity index (χ2v) is 15.4. The highest BCUT2D eigenvalue weighted by atomic mass is 19.1. The molecule has 6 rings (SSSR count). The van der Waals surface area contributed by atoms with Crippen molar-refractivity contribution in [3.05, 3.63) is 77.4 Å². The van der Waals surface area contributed by atoms with Gasteiger partial charge in [0.25, 0.3) is 0 Å². The molecule has 4 heterocycles. The van der Waals surface area contributed by atoms with E-state index < -0.39 is 59.1 Å². The van der Waals surface area contributed by atoms with Gasteiger partial charge in [0.2, 0.25) is 17.7 Å². The number of aromatic nitrogens is 1. The van der Waals surface area contributed by atoms with Gasteiger partial charge < -0.3 is 30.3 Å². The highest BCUT2D eigenvalue weighted by Crippen LogP contribution is 2.45. The Hall–Kier alpha value is -5.01. The van der Waals surface area contributed by atoms with Crippen molar-refractivity contribution in [1.29, 1.82) is 0 Å². The number of carbonyl (C=O) groups excluding carboxylic acids is 5. The van der Waals surface area contributed by atoms with Crippen molar-refractivity contribution in [1.82, 2.24) is 30.7 Å². The van der Waals surface area contributed by atoms with E-state index in [1.54, 1.807) is 45.3 Å². The average Bonchev–Trinajstić information content (AvgIpc) is 3.40. The van der Waals surface area contributed by atoms with Crippen molar-refractivity contribution in [3.63, 3.8) is 0 Å². The fourth-order valence-corrected chi connectivity index (χ4v) is 7.37. The number of amides is 5. The molecule has 53 heavy (non-hydrogen) atoms. The van der Waals surface area contributed by atoms with Gasteiger partial charge in [-0.3, -0.25) is 24.3 Å². The predicted molar refractivity (Wildman–Crippen MR) is 191 cm³/mol. The molecule has 2 aromatic rings. The first-order chi connectivity index (χ1) is 25.3. The number of halogens is 1. The van der Waals surface area contributed by atoms with Crippen LogP contribution in [0.4, 0.5) is 14.0 Å². The summed E-state index contributed by atoms with van der Waals surface area (Å²) in [5.74, 6) is -2.03. The summed E-state index contributed by atoms with van der Waals surface area (Å²) in [6, 6.07) is 6.32. The maximum absolute atomic E-state index is 14.4. The first kappa shape index (κ1) is 37.7. The quantitative estimate of drug-likeness (QED) is 0.371. The molecule has 5 amide bonds. The number of nitrogens with zero attached hydrogens (tertiary/aromatic N) is 3. The number of alkyl carbamates (subject to hydrolysis) is 1. The van der Waals surface area contributed by atoms with Gasteiger partial charge in [0.15, 0.2) is 0 Å². The number of pyridine rings is 1. The second kappa shape index (κ2) is 15.9. The van der Waals surface area contributed by atoms with Gasteiger partial charge in [0, 0.05) is 43.4 Å². The first-order valence-corrected chi connectivity index (χ1v) is 18.5. The van der Waals surface area contributed by atoms with Crippen LogP contribution in [0, 0.1) is 11.7 Å². The Balaban J connectivity index is 1.22. The maximum Gasteiger partial charge on any atom is 0.410 e. The van der Waals surface area contributed by atoms with Crippen LogP contribution in [-0.2, 0) is 43.4 Å². The molecule has 0 radical (unpaired) electrons. The van der Waals surface area contributed by atoms with Crippen LogP contribution in [0.2, 0.25) is 0 Å². The van der Waals surface area contributed by atoms with Crippen LogP contribution in [0.15, 0.2) is 54.9 Å². The summed E-state index contributed by atoms with van der Waals surface area (Å²) in [5, 5.41) is 8.71. The Bertz CT molecular complexity index is 1730. The molecule has 2 fully saturated rings. The van der Waals surface area contributed by atoms with E-state index in [9.17, 15) is 28.4 Å². The molecule has 1 saturated carbocycles. The summed E-state index contributed by atoms with van der Waals surface area (Å²) in [6.07, 6.45) is 9.32. The van der Waals surface area contributed by atoms with Crippen LogP contribution in [-0.4, -0.2) is 87.1 Å². The first-order valence-electron chi connectivity index (χ1n) is 18.5. The number of carbonyl (C=O) groups is 5. The van der Waals surface area contributed by atoms with E-state index in [0.29, 0.717) is 43.4 Å². The Labute approximate surface area is 309 Å². The monoisotopic (exact) mass is 732 g/mol. The van der Waals surface area contributed by atoms with Crippen molar-refractivity contribution in [2.45, 2.75) is 115 Å². The number of allylic oxidation sites excluding steroid dienone is 1. The Morgan fingerprint density at radius 3 is 2.62 bits per heavy atom. The number of ether oxygens (including phenoxy) is 2. The number of benzene rings is 1. The fourth-order valence-electron chi connectivity index (χ4n) is 7.37. The molecule has 1 aromatic carbocycles. The number of nitrogens with one attached hydrogen (secondary N) is 3. The standard InChI is InChI=1S/C39H49FN6O7/c1-38(2,3)53-36(50)43-31-13-8-6-4-5-7-11-27-21-39(27,35(49)42-19-16-25-14-17-41-18-15-25)44-33(47)32-20-28(23-46(32)34(31)48)52-37(51)45-22-26-10-9-12-30(40)29(26)24-45/h7,9-12,14-15,17-18,27-28,31-32H,4-6,8,13,16,19-24H2,1-3H3,(H,42,49)(H,43,50)(H,44,47)/b11-7-/t27?,28-,31?,32+,39?/m1/s1. The molecule has 5 atom stereocenters. The zero-order chi connectivity index (χ0) is 37.8. The molecule has 4 aliphatic rings. The SMILES string of the molecule is CC(C)(C)OC(=O)NC1CCCCC/C=C\C2CC2(C(=O)NCCc2ccncc2)NC(=O)[C@@H]2C[C@@H](OC(=O)N3Cc4cccc(F)c4C3)CN2C1=O. The van der Waals surface area contributed by atoms with E-state index in [1.165, 1.54) is 15.9 Å². The zero-order valence-corrected chi connectivity index (χ0v) is 30.6. The van der Waals surface area contributed by atoms with E-state index in [4.69, 9.17) is 9.47 Å². The van der Waals surface area contributed by atoms with E-state index in [2.05, 4.69) is 20.9 Å². The van der Waals surface area contributed by atoms with Crippen LogP contribution >= 0.6 is 0 Å². The summed E-state index contributed by atoms with van der Waals surface area (Å²) < 4.78 is 25.8. The van der Waals surface area contributed by atoms with Gasteiger partial charge in [0.1, 0.15) is 35.1 Å². The van der Waals surface area contributed by atoms with Crippen LogP contribution in [0.1, 0.15) is 82.4 Å². The summed E-state index contributed by atoms with van der Waals surface area (Å²) in [6.45, 7) is 5.62. The lowest BCUT2D eigenvalue weighted by Gasteiger charge is -2.30. The molecule has 13 nitrogen and oxygen atoms in total. The van der Waals surface area contributed by atoms with Crippen LogP contribution < -0.4 is 16.0 Å². The molecule has 1 aromatic heterocycles. The third-order valence-corrected chi connectivity index (χ3v) is 10.2. The molecule has 1 saturated heterocycles. The number of hydrogen-bond acceptors (Lipinski definition) is 8. The molecule has 0 bridgehead atoms. The smallest absolute Gasteiger partial charge is 0.410 e. The van der Waals surface area contributed by atoms with Gasteiger partial charge in [-0.2, -0.15) is 0 Å². The summed E-state index contributed by atoms with van der Waals surface area (Å²) >= 11 is 0. The van der Waals surface area contributed by atoms with E-state index in [1.807, 2.05) is 24.3 Å². The van der Waals surface area contributed by atoms with Gasteiger partial charge in [-0.05, 0) is 82.2 Å². The minimum Gasteiger partial charge on any atom is -0.444 e. The number of rotatable bonds is 6. The summed E-state index contributed by atoms with van der Waals surface area (Å²) in [4.78, 5) is 75.5. The van der Waals surface area contributed by atoms with Gasteiger partial charge in [-0.25, -0.2) is 14.0 Å². The van der Waals surface area contributed by atoms with E-state index in [0.717, 1.165) is 24.8 Å². The molecule has 3 aliphatic heterocycles. The van der Waals surface area contributed by atoms with Crippen molar-refractivity contribution < 1.29 is 37.8 Å². The molecule has 3 unspecified atom stereocenters. The minimum atomic E-state index is -1.21. The summed E-state index contributed by atoms with van der Waals surface area (Å²) in [5.41, 5.74) is 0.0976. The van der Waals surface area contributed by atoms with E-state index in [-0.39, 0.29) is 37.9 Å². The normalized spacial score (nSPS) is 26.5. The van der Waals surface area contributed by atoms with Crippen molar-refractivity contribution in [2.75, 3.05) is 13.1 Å². The van der Waals surface area contributed by atoms with Crippen LogP contribution in [0.3, 0.4) is 0 Å². The highest BCUT2D eigenvalue weighted by molar-refractivity contribution is 5.98. The zero-order valence-electron chi connectivity index (χ0n) is 30.6. The van der Waals surface area contributed by atoms with Crippen LogP contribution in [0.25, 0.3) is 0 Å². The Kier molecular flexibility index (Phi) is 11.3. The largest absolute Gasteiger partial charge is 0.444 e. The number of hydrogen-bond donors (Lipinski definition) is 3. The van der Waals surface area contributed by atoms with Gasteiger partial charge in [-0.15, -0.1) is 0 Å². The lowest BCUT2D eigenvalue weighted by Crippen LogP contribution is -2.58. The third-order valence-electron chi connectivity index (χ3n) is 10.2. The van der Waals surface area contributed by atoms with Crippen molar-refractivity contribution in [2.24, 2.45) is 5.92 Å². The molecule has 3 N–H and O–H groups in total. The Morgan fingerprint density at radius 1 is 1.08 bits per heavy atom. The van der Waals surface area contributed by atoms with Crippen LogP contribution in [0.5, 0.6) is 0 Å². The van der Waals surface area contributed by atoms with E-state index >= 15 is 0 Å². The third kappa shape index (κ3) is 9.14. The molecular weight excluding hydrogens is 683 g/mol. The lowest BCUT2D eigenvalue weighted by molar-refractivity contribution is -0.141. The second-order valence-electron chi connectivity index (χ2n) is 15.4. The number of fused-ring (bicyclic) bond motifs is 3. The lowest BCUT2D eigenvalue weighted by atomic mass is 10.0. The average molecular weight is 733 g/mol. The van der Waals surface area contributed by atoms with Gasteiger partial charge >= 0.3 is 12.2 Å². The molecule has 14 heteroatoms. The molecule has 0 spiro atoms. The van der Waals surface area contributed by atoms with Gasteiger partial charge in [0.05, 0.1) is 13.1 Å². The van der Waals surface area contributed by atoms with Gasteiger partial charge in [-0.1, -0.05) is 37.1 Å². The molecule has 284 valence electrons. The molecular formula is C39H49FN6O7. The maximum atomic E-state index is 14.4. The Morgan fingerprint density at radius 2 is 1.87 bits per heavy atom. The fraction of sp³-hybridized carbons (Fsp3) is 0.538. The predicted octanol–water partition coefficient (Wildman–Crippen LogP) is 4.29. The molecule has 1 aliphatic carbocycles. The minimum absolute atomic E-state index is 0.0299.